The number of aromatic nitrogens is 4. The van der Waals surface area contributed by atoms with Crippen LogP contribution in [0.4, 0.5) is 24.7 Å². The summed E-state index contributed by atoms with van der Waals surface area (Å²) in [5.41, 5.74) is 9.03. The number of hydrogen-bond donors (Lipinski definition) is 2. The van der Waals surface area contributed by atoms with Crippen molar-refractivity contribution in [3.05, 3.63) is 65.5 Å². The second-order valence-corrected chi connectivity index (χ2v) is 8.31. The van der Waals surface area contributed by atoms with Crippen LogP contribution in [-0.2, 0) is 24.4 Å². The topological polar surface area (TPSA) is 98.7 Å². The van der Waals surface area contributed by atoms with Crippen LogP contribution in [0.3, 0.4) is 0 Å². The molecule has 0 saturated carbocycles. The minimum Gasteiger partial charge on any atom is -0.383 e. The van der Waals surface area contributed by atoms with Gasteiger partial charge in [0.25, 0.3) is 0 Å². The Morgan fingerprint density at radius 1 is 1.15 bits per heavy atom. The number of anilines is 2. The second kappa shape index (κ2) is 8.77. The highest BCUT2D eigenvalue weighted by Crippen LogP contribution is 2.34. The molecule has 0 spiro atoms. The number of alkyl halides is 3. The molecule has 0 aliphatic carbocycles. The smallest absolute Gasteiger partial charge is 0.383 e. The van der Waals surface area contributed by atoms with Crippen LogP contribution in [0.25, 0.3) is 22.3 Å². The normalized spacial score (nSPS) is 11.9. The lowest BCUT2D eigenvalue weighted by atomic mass is 9.96. The predicted octanol–water partition coefficient (Wildman–Crippen LogP) is 4.94. The molecule has 4 rings (SSSR count). The van der Waals surface area contributed by atoms with Gasteiger partial charge in [-0.1, -0.05) is 38.1 Å². The summed E-state index contributed by atoms with van der Waals surface area (Å²) in [7, 11) is 1.77. The molecule has 4 aromatic rings. The average molecular weight is 468 g/mol. The molecular weight excluding hydrogens is 445 g/mol. The van der Waals surface area contributed by atoms with E-state index in [0.717, 1.165) is 23.3 Å². The molecule has 7 nitrogen and oxygen atoms in total. The first-order valence-electron chi connectivity index (χ1n) is 10.6. The quantitative estimate of drug-likeness (QED) is 0.433. The lowest BCUT2D eigenvalue weighted by Crippen LogP contribution is -2.16. The van der Waals surface area contributed by atoms with Gasteiger partial charge in [0, 0.05) is 18.3 Å². The van der Waals surface area contributed by atoms with Gasteiger partial charge in [-0.2, -0.15) is 18.3 Å². The molecule has 0 atom stereocenters. The minimum atomic E-state index is -4.46. The van der Waals surface area contributed by atoms with Crippen LogP contribution in [0.2, 0.25) is 0 Å². The Hall–Kier alpha value is -3.95. The van der Waals surface area contributed by atoms with Crippen molar-refractivity contribution in [3.8, 4) is 11.3 Å². The van der Waals surface area contributed by atoms with Gasteiger partial charge in [-0.25, -0.2) is 14.6 Å². The maximum Gasteiger partial charge on any atom is 0.416 e. The first-order chi connectivity index (χ1) is 16.0. The zero-order chi connectivity index (χ0) is 24.6. The van der Waals surface area contributed by atoms with E-state index in [2.05, 4.69) is 20.4 Å². The fourth-order valence-electron chi connectivity index (χ4n) is 3.85. The summed E-state index contributed by atoms with van der Waals surface area (Å²) in [5.74, 6) is -0.0417. The van der Waals surface area contributed by atoms with Gasteiger partial charge in [-0.15, -0.1) is 0 Å². The largest absolute Gasteiger partial charge is 0.416 e. The molecule has 0 radical (unpaired) electrons. The Morgan fingerprint density at radius 2 is 1.91 bits per heavy atom. The highest BCUT2D eigenvalue weighted by Gasteiger charge is 2.30. The Balaban J connectivity index is 1.63. The van der Waals surface area contributed by atoms with Crippen LogP contribution in [0, 0.1) is 0 Å². The number of benzene rings is 2. The van der Waals surface area contributed by atoms with Crippen LogP contribution >= 0.6 is 0 Å². The number of nitrogens with zero attached hydrogens (tertiary/aromatic N) is 4. The summed E-state index contributed by atoms with van der Waals surface area (Å²) in [6.45, 7) is 3.96. The Labute approximate surface area is 193 Å². The molecule has 0 saturated heterocycles. The third-order valence-corrected chi connectivity index (χ3v) is 5.49. The summed E-state index contributed by atoms with van der Waals surface area (Å²) in [4.78, 5) is 21.0. The van der Waals surface area contributed by atoms with Crippen LogP contribution in [0.5, 0.6) is 0 Å². The fraction of sp³-hybridized carbons (Fsp3) is 0.250. The third kappa shape index (κ3) is 4.57. The SMILES string of the molecule is CC(C)c1cc(-c2nn(C)c3ncnc(N)c23)ccc1NC(=O)Cc1cccc(C(F)(F)F)c1. The number of halogens is 3. The van der Waals surface area contributed by atoms with Crippen LogP contribution < -0.4 is 11.1 Å². The number of amides is 1. The van der Waals surface area contributed by atoms with Crippen molar-refractivity contribution in [2.75, 3.05) is 11.1 Å². The molecule has 2 aromatic carbocycles. The molecule has 2 heterocycles. The van der Waals surface area contributed by atoms with Gasteiger partial charge in [-0.05, 0) is 35.2 Å². The maximum atomic E-state index is 13.0. The number of carbonyl (C=O) groups is 1. The van der Waals surface area contributed by atoms with Crippen molar-refractivity contribution >= 4 is 28.4 Å². The number of nitrogen functional groups attached to an aromatic ring is 1. The maximum absolute atomic E-state index is 13.0. The van der Waals surface area contributed by atoms with Gasteiger partial charge in [-0.3, -0.25) is 4.79 Å². The van der Waals surface area contributed by atoms with Gasteiger partial charge < -0.3 is 11.1 Å². The molecule has 0 unspecified atom stereocenters. The fourth-order valence-corrected chi connectivity index (χ4v) is 3.85. The van der Waals surface area contributed by atoms with E-state index in [9.17, 15) is 18.0 Å². The number of aryl methyl sites for hydroxylation is 1. The molecule has 0 bridgehead atoms. The van der Waals surface area contributed by atoms with Gasteiger partial charge in [0.05, 0.1) is 17.4 Å². The summed E-state index contributed by atoms with van der Waals surface area (Å²) < 4.78 is 40.5. The Bertz CT molecular complexity index is 1380. The van der Waals surface area contributed by atoms with E-state index < -0.39 is 17.6 Å². The highest BCUT2D eigenvalue weighted by molar-refractivity contribution is 5.99. The number of rotatable bonds is 5. The van der Waals surface area contributed by atoms with Crippen molar-refractivity contribution in [2.24, 2.45) is 7.05 Å². The molecule has 0 aliphatic heterocycles. The third-order valence-electron chi connectivity index (χ3n) is 5.49. The number of carbonyl (C=O) groups excluding carboxylic acids is 1. The Kier molecular flexibility index (Phi) is 5.99. The van der Waals surface area contributed by atoms with E-state index >= 15 is 0 Å². The van der Waals surface area contributed by atoms with E-state index in [1.807, 2.05) is 19.9 Å². The monoisotopic (exact) mass is 468 g/mol. The predicted molar refractivity (Wildman–Crippen MR) is 124 cm³/mol. The average Bonchev–Trinajstić information content (AvgIpc) is 3.11. The molecule has 176 valence electrons. The number of hydrogen-bond acceptors (Lipinski definition) is 5. The highest BCUT2D eigenvalue weighted by atomic mass is 19.4. The lowest BCUT2D eigenvalue weighted by Gasteiger charge is -2.16. The first kappa shape index (κ1) is 23.2. The number of fused-ring (bicyclic) bond motifs is 1. The molecule has 3 N–H and O–H groups in total. The van der Waals surface area contributed by atoms with E-state index in [0.29, 0.717) is 28.2 Å². The summed E-state index contributed by atoms with van der Waals surface area (Å²) in [6.07, 6.45) is -3.26. The van der Waals surface area contributed by atoms with Gasteiger partial charge in [0.15, 0.2) is 5.65 Å². The number of nitrogens with one attached hydrogen (secondary N) is 1. The minimum absolute atomic E-state index is 0.0485. The lowest BCUT2D eigenvalue weighted by molar-refractivity contribution is -0.137. The molecule has 2 aromatic heterocycles. The first-order valence-corrected chi connectivity index (χ1v) is 10.6. The number of nitrogens with two attached hydrogens (primary N) is 1. The van der Waals surface area contributed by atoms with Crippen LogP contribution in [0.15, 0.2) is 48.8 Å². The van der Waals surface area contributed by atoms with E-state index in [1.165, 1.54) is 18.5 Å². The zero-order valence-electron chi connectivity index (χ0n) is 18.8. The molecule has 0 fully saturated rings. The standard InChI is InChI=1S/C24H23F3N6O/c1-13(2)17-11-15(21-20-22(28)29-12-30-23(20)33(3)32-21)7-8-18(17)31-19(34)10-14-5-4-6-16(9-14)24(25,26)27/h4-9,11-13H,10H2,1-3H3,(H,31,34)(H2,28,29,30). The van der Waals surface area contributed by atoms with Crippen LogP contribution in [0.1, 0.15) is 36.5 Å². The van der Waals surface area contributed by atoms with Gasteiger partial charge in [0.2, 0.25) is 5.91 Å². The molecule has 0 aliphatic rings. The molecular formula is C24H23F3N6O. The molecule has 1 amide bonds. The van der Waals surface area contributed by atoms with E-state index in [4.69, 9.17) is 5.73 Å². The zero-order valence-corrected chi connectivity index (χ0v) is 18.8. The van der Waals surface area contributed by atoms with E-state index in [1.54, 1.807) is 23.9 Å². The molecule has 34 heavy (non-hydrogen) atoms. The van der Waals surface area contributed by atoms with Crippen molar-refractivity contribution in [2.45, 2.75) is 32.4 Å². The van der Waals surface area contributed by atoms with Crippen molar-refractivity contribution < 1.29 is 18.0 Å². The second-order valence-electron chi connectivity index (χ2n) is 8.31. The summed E-state index contributed by atoms with van der Waals surface area (Å²) >= 11 is 0. The molecule has 10 heteroatoms. The van der Waals surface area contributed by atoms with E-state index in [-0.39, 0.29) is 17.9 Å². The van der Waals surface area contributed by atoms with Crippen LogP contribution in [-0.4, -0.2) is 25.7 Å². The van der Waals surface area contributed by atoms with Crippen molar-refractivity contribution in [1.82, 2.24) is 19.7 Å². The Morgan fingerprint density at radius 3 is 2.62 bits per heavy atom. The summed E-state index contributed by atoms with van der Waals surface area (Å²) in [6, 6.07) is 10.3. The summed E-state index contributed by atoms with van der Waals surface area (Å²) in [5, 5.41) is 8.03. The van der Waals surface area contributed by atoms with Crippen molar-refractivity contribution in [1.29, 1.82) is 0 Å². The van der Waals surface area contributed by atoms with Gasteiger partial charge >= 0.3 is 6.18 Å². The van der Waals surface area contributed by atoms with Gasteiger partial charge in [0.1, 0.15) is 17.8 Å². The van der Waals surface area contributed by atoms with Crippen molar-refractivity contribution in [3.63, 3.8) is 0 Å².